The molecule has 0 bridgehead atoms. The maximum Gasteiger partial charge on any atom is 0.247 e. The van der Waals surface area contributed by atoms with Gasteiger partial charge < -0.3 is 10.2 Å². The largest absolute Gasteiger partial charge is 0.352 e. The van der Waals surface area contributed by atoms with Gasteiger partial charge in [-0.3, -0.25) is 14.3 Å². The number of rotatable bonds is 5. The number of nitrogens with zero attached hydrogens (tertiary/aromatic N) is 3. The van der Waals surface area contributed by atoms with Crippen LogP contribution in [0, 0.1) is 0 Å². The quantitative estimate of drug-likeness (QED) is 0.891. The van der Waals surface area contributed by atoms with Crippen molar-refractivity contribution in [2.45, 2.75) is 51.1 Å². The van der Waals surface area contributed by atoms with Gasteiger partial charge in [0.2, 0.25) is 11.8 Å². The van der Waals surface area contributed by atoms with E-state index in [-0.39, 0.29) is 24.4 Å². The van der Waals surface area contributed by atoms with Gasteiger partial charge in [0.15, 0.2) is 0 Å². The Bertz CT molecular complexity index is 466. The predicted octanol–water partition coefficient (Wildman–Crippen LogP) is 1.35. The Labute approximate surface area is 125 Å². The van der Waals surface area contributed by atoms with Gasteiger partial charge >= 0.3 is 0 Å². The molecule has 1 aromatic heterocycles. The van der Waals surface area contributed by atoms with Crippen LogP contribution in [0.3, 0.4) is 0 Å². The minimum absolute atomic E-state index is 0.0783. The fourth-order valence-electron chi connectivity index (χ4n) is 2.76. The van der Waals surface area contributed by atoms with E-state index in [0.29, 0.717) is 0 Å². The van der Waals surface area contributed by atoms with Crippen LogP contribution in [0.1, 0.15) is 45.1 Å². The Kier molecular flexibility index (Phi) is 5.36. The number of hydrogen-bond donors (Lipinski definition) is 1. The molecule has 2 rings (SSSR count). The van der Waals surface area contributed by atoms with E-state index < -0.39 is 6.04 Å². The first-order valence-electron chi connectivity index (χ1n) is 7.61. The van der Waals surface area contributed by atoms with E-state index in [0.717, 1.165) is 12.8 Å². The van der Waals surface area contributed by atoms with E-state index in [9.17, 15) is 9.59 Å². The average molecular weight is 292 g/mol. The molecule has 1 unspecified atom stereocenters. The van der Waals surface area contributed by atoms with E-state index in [1.54, 1.807) is 37.1 Å². The molecule has 0 saturated heterocycles. The number of likely N-dealkylation sites (N-methyl/N-ethyl adjacent to an activating group) is 1. The van der Waals surface area contributed by atoms with Crippen molar-refractivity contribution in [2.75, 3.05) is 13.6 Å². The second-order valence-electron chi connectivity index (χ2n) is 5.76. The Morgan fingerprint density at radius 3 is 2.71 bits per heavy atom. The van der Waals surface area contributed by atoms with Crippen molar-refractivity contribution in [3.8, 4) is 0 Å². The molecule has 116 valence electrons. The second kappa shape index (κ2) is 7.24. The van der Waals surface area contributed by atoms with Gasteiger partial charge in [-0.05, 0) is 25.8 Å². The van der Waals surface area contributed by atoms with E-state index in [1.807, 2.05) is 0 Å². The summed E-state index contributed by atoms with van der Waals surface area (Å²) in [6.45, 7) is 1.88. The van der Waals surface area contributed by atoms with Crippen molar-refractivity contribution in [3.05, 3.63) is 18.5 Å². The van der Waals surface area contributed by atoms with Crippen LogP contribution in [0.25, 0.3) is 0 Å². The SMILES string of the molecule is CC(C(=O)N(C)CC(=O)NC1CCCCC1)n1cccn1. The Hall–Kier alpha value is -1.85. The summed E-state index contributed by atoms with van der Waals surface area (Å²) >= 11 is 0. The highest BCUT2D eigenvalue weighted by Gasteiger charge is 2.22. The third kappa shape index (κ3) is 4.31. The zero-order valence-corrected chi connectivity index (χ0v) is 12.8. The molecule has 1 heterocycles. The third-order valence-corrected chi connectivity index (χ3v) is 4.01. The van der Waals surface area contributed by atoms with Gasteiger partial charge in [-0.1, -0.05) is 19.3 Å². The Morgan fingerprint density at radius 1 is 1.38 bits per heavy atom. The lowest BCUT2D eigenvalue weighted by Crippen LogP contribution is -2.44. The fraction of sp³-hybridized carbons (Fsp3) is 0.667. The molecule has 1 saturated carbocycles. The molecule has 1 aliphatic carbocycles. The number of nitrogens with one attached hydrogen (secondary N) is 1. The highest BCUT2D eigenvalue weighted by Crippen LogP contribution is 2.17. The highest BCUT2D eigenvalue weighted by atomic mass is 16.2. The lowest BCUT2D eigenvalue weighted by molar-refractivity contribution is -0.137. The fourth-order valence-corrected chi connectivity index (χ4v) is 2.76. The Morgan fingerprint density at radius 2 is 2.10 bits per heavy atom. The van der Waals surface area contributed by atoms with Gasteiger partial charge in [-0.25, -0.2) is 0 Å². The van der Waals surface area contributed by atoms with E-state index >= 15 is 0 Å². The highest BCUT2D eigenvalue weighted by molar-refractivity contribution is 5.86. The molecule has 6 heteroatoms. The number of carbonyl (C=O) groups is 2. The van der Waals surface area contributed by atoms with Gasteiger partial charge in [0.05, 0.1) is 6.54 Å². The van der Waals surface area contributed by atoms with Gasteiger partial charge in [-0.2, -0.15) is 5.10 Å². The van der Waals surface area contributed by atoms with Crippen LogP contribution in [0.4, 0.5) is 0 Å². The van der Waals surface area contributed by atoms with E-state index in [2.05, 4.69) is 10.4 Å². The molecule has 0 radical (unpaired) electrons. The van der Waals surface area contributed by atoms with E-state index in [1.165, 1.54) is 24.2 Å². The molecular weight excluding hydrogens is 268 g/mol. The monoisotopic (exact) mass is 292 g/mol. The first-order valence-corrected chi connectivity index (χ1v) is 7.61. The lowest BCUT2D eigenvalue weighted by Gasteiger charge is -2.25. The van der Waals surface area contributed by atoms with Crippen molar-refractivity contribution in [1.29, 1.82) is 0 Å². The molecule has 1 N–H and O–H groups in total. The number of hydrogen-bond acceptors (Lipinski definition) is 3. The molecule has 21 heavy (non-hydrogen) atoms. The summed E-state index contributed by atoms with van der Waals surface area (Å²) in [6.07, 6.45) is 9.09. The normalized spacial score (nSPS) is 17.2. The number of amides is 2. The Balaban J connectivity index is 1.81. The summed E-state index contributed by atoms with van der Waals surface area (Å²) in [5.74, 6) is -0.192. The van der Waals surface area contributed by atoms with Crippen LogP contribution in [-0.4, -0.2) is 46.1 Å². The summed E-state index contributed by atoms with van der Waals surface area (Å²) < 4.78 is 1.60. The minimum Gasteiger partial charge on any atom is -0.352 e. The maximum atomic E-state index is 12.3. The smallest absolute Gasteiger partial charge is 0.247 e. The third-order valence-electron chi connectivity index (χ3n) is 4.01. The first kappa shape index (κ1) is 15.5. The topological polar surface area (TPSA) is 67.2 Å². The maximum absolute atomic E-state index is 12.3. The van der Waals surface area contributed by atoms with Crippen LogP contribution in [0.5, 0.6) is 0 Å². The zero-order chi connectivity index (χ0) is 15.2. The lowest BCUT2D eigenvalue weighted by atomic mass is 9.95. The molecule has 1 fully saturated rings. The van der Waals surface area contributed by atoms with Crippen molar-refractivity contribution >= 4 is 11.8 Å². The summed E-state index contributed by atoms with van der Waals surface area (Å²) in [7, 11) is 1.66. The molecule has 1 atom stereocenters. The summed E-state index contributed by atoms with van der Waals surface area (Å²) in [5, 5.41) is 7.08. The molecule has 1 aromatic rings. The average Bonchev–Trinajstić information content (AvgIpc) is 3.00. The molecule has 0 spiro atoms. The van der Waals surface area contributed by atoms with Crippen molar-refractivity contribution in [2.24, 2.45) is 0 Å². The minimum atomic E-state index is -0.396. The molecular formula is C15H24N4O2. The predicted molar refractivity (Wildman–Crippen MR) is 79.6 cm³/mol. The van der Waals surface area contributed by atoms with Gasteiger partial charge in [0.1, 0.15) is 6.04 Å². The van der Waals surface area contributed by atoms with Crippen LogP contribution >= 0.6 is 0 Å². The molecule has 0 aromatic carbocycles. The van der Waals surface area contributed by atoms with Crippen LogP contribution in [-0.2, 0) is 9.59 Å². The van der Waals surface area contributed by atoms with Crippen molar-refractivity contribution in [1.82, 2.24) is 20.0 Å². The summed E-state index contributed by atoms with van der Waals surface area (Å²) in [4.78, 5) is 25.7. The van der Waals surface area contributed by atoms with Crippen LogP contribution < -0.4 is 5.32 Å². The summed E-state index contributed by atoms with van der Waals surface area (Å²) in [6, 6.07) is 1.66. The van der Waals surface area contributed by atoms with E-state index in [4.69, 9.17) is 0 Å². The molecule has 6 nitrogen and oxygen atoms in total. The first-order chi connectivity index (χ1) is 10.1. The van der Waals surface area contributed by atoms with Crippen molar-refractivity contribution in [3.63, 3.8) is 0 Å². The van der Waals surface area contributed by atoms with Crippen LogP contribution in [0.2, 0.25) is 0 Å². The van der Waals surface area contributed by atoms with Crippen molar-refractivity contribution < 1.29 is 9.59 Å². The second-order valence-corrected chi connectivity index (χ2v) is 5.76. The standard InChI is InChI=1S/C15H24N4O2/c1-12(19-10-6-9-16-19)15(21)18(2)11-14(20)17-13-7-4-3-5-8-13/h6,9-10,12-13H,3-5,7-8,11H2,1-2H3,(H,17,20). The van der Waals surface area contributed by atoms with Gasteiger partial charge in [-0.15, -0.1) is 0 Å². The number of carbonyl (C=O) groups excluding carboxylic acids is 2. The molecule has 0 aliphatic heterocycles. The molecule has 2 amide bonds. The van der Waals surface area contributed by atoms with Crippen LogP contribution in [0.15, 0.2) is 18.5 Å². The molecule has 1 aliphatic rings. The van der Waals surface area contributed by atoms with Gasteiger partial charge in [0.25, 0.3) is 0 Å². The number of aromatic nitrogens is 2. The van der Waals surface area contributed by atoms with Gasteiger partial charge in [0, 0.05) is 25.5 Å². The zero-order valence-electron chi connectivity index (χ0n) is 12.8. The summed E-state index contributed by atoms with van der Waals surface area (Å²) in [5.41, 5.74) is 0.